The van der Waals surface area contributed by atoms with Crippen molar-refractivity contribution in [3.63, 3.8) is 0 Å². The van der Waals surface area contributed by atoms with Gasteiger partial charge in [-0.05, 0) is 67.8 Å². The van der Waals surface area contributed by atoms with Crippen molar-refractivity contribution in [3.05, 3.63) is 70.3 Å². The Bertz CT molecular complexity index is 1020. The molecule has 0 aromatic heterocycles. The van der Waals surface area contributed by atoms with E-state index < -0.39 is 40.8 Å². The van der Waals surface area contributed by atoms with Crippen molar-refractivity contribution in [2.75, 3.05) is 22.9 Å². The summed E-state index contributed by atoms with van der Waals surface area (Å²) in [7, 11) is 0. The highest BCUT2D eigenvalue weighted by Gasteiger charge is 2.58. The van der Waals surface area contributed by atoms with Gasteiger partial charge in [-0.3, -0.25) is 19.9 Å². The highest BCUT2D eigenvalue weighted by Crippen LogP contribution is 2.41. The molecule has 2 aliphatic heterocycles. The molecular weight excluding hydrogens is 410 g/mol. The van der Waals surface area contributed by atoms with Gasteiger partial charge in [0.1, 0.15) is 11.6 Å². The minimum atomic E-state index is -1.53. The molecule has 2 aromatic carbocycles. The van der Waals surface area contributed by atoms with E-state index in [4.69, 9.17) is 0 Å². The number of nitrogens with zero attached hydrogens (tertiary/aromatic N) is 4. The molecule has 0 N–H and O–H groups in total. The number of imide groups is 1. The molecule has 0 radical (unpaired) electrons. The Balaban J connectivity index is 1.91. The molecule has 0 saturated carbocycles. The fraction of sp³-hybridized carbons (Fsp3) is 0.333. The monoisotopic (exact) mass is 430 g/mol. The highest BCUT2D eigenvalue weighted by atomic mass is 19.1. The molecular formula is C21H20F2N4O4. The Morgan fingerprint density at radius 3 is 2.03 bits per heavy atom. The maximum Gasteiger partial charge on any atom is 0.339 e. The van der Waals surface area contributed by atoms with Gasteiger partial charge in [0.05, 0.1) is 5.69 Å². The van der Waals surface area contributed by atoms with Crippen LogP contribution in [0.15, 0.2) is 48.5 Å². The third-order valence-corrected chi connectivity index (χ3v) is 5.73. The number of anilines is 2. The molecule has 31 heavy (non-hydrogen) atoms. The van der Waals surface area contributed by atoms with Crippen LogP contribution >= 0.6 is 0 Å². The van der Waals surface area contributed by atoms with Crippen LogP contribution in [0.4, 0.5) is 29.7 Å². The lowest BCUT2D eigenvalue weighted by Gasteiger charge is -2.53. The number of amides is 4. The quantitative estimate of drug-likeness (QED) is 0.532. The fourth-order valence-corrected chi connectivity index (χ4v) is 4.38. The first-order chi connectivity index (χ1) is 14.8. The van der Waals surface area contributed by atoms with Gasteiger partial charge in [0.15, 0.2) is 5.66 Å². The zero-order valence-corrected chi connectivity index (χ0v) is 16.5. The summed E-state index contributed by atoms with van der Waals surface area (Å²) < 4.78 is 27.0. The molecule has 2 fully saturated rings. The number of benzene rings is 2. The molecule has 4 rings (SSSR count). The van der Waals surface area contributed by atoms with Gasteiger partial charge < -0.3 is 0 Å². The number of hydrogen-bond donors (Lipinski definition) is 0. The van der Waals surface area contributed by atoms with Crippen LogP contribution in [-0.2, 0) is 0 Å². The van der Waals surface area contributed by atoms with Crippen LogP contribution in [0.25, 0.3) is 0 Å². The van der Waals surface area contributed by atoms with Gasteiger partial charge in [0, 0.05) is 17.2 Å². The first kappa shape index (κ1) is 20.7. The van der Waals surface area contributed by atoms with E-state index in [2.05, 4.69) is 0 Å². The molecule has 0 unspecified atom stereocenters. The van der Waals surface area contributed by atoms with Crippen molar-refractivity contribution >= 4 is 23.4 Å². The number of carbonyl (C=O) groups is 2. The molecule has 2 aromatic rings. The van der Waals surface area contributed by atoms with Crippen molar-refractivity contribution in [1.29, 1.82) is 0 Å². The second-order valence-electron chi connectivity index (χ2n) is 7.62. The van der Waals surface area contributed by atoms with E-state index >= 15 is 0 Å². The third kappa shape index (κ3) is 3.58. The predicted octanol–water partition coefficient (Wildman–Crippen LogP) is 4.38. The second-order valence-corrected chi connectivity index (χ2v) is 7.62. The molecule has 4 amide bonds. The van der Waals surface area contributed by atoms with Crippen LogP contribution in [0.2, 0.25) is 0 Å². The number of halogens is 2. The maximum absolute atomic E-state index is 13.7. The number of rotatable bonds is 4. The molecule has 8 nitrogen and oxygen atoms in total. The van der Waals surface area contributed by atoms with Crippen LogP contribution in [0.1, 0.15) is 25.7 Å². The molecule has 0 bridgehead atoms. The summed E-state index contributed by atoms with van der Waals surface area (Å²) in [5, 5.41) is 11.7. The smallest absolute Gasteiger partial charge is 0.294 e. The summed E-state index contributed by atoms with van der Waals surface area (Å²) >= 11 is 0. The van der Waals surface area contributed by atoms with Gasteiger partial charge in [-0.1, -0.05) is 6.42 Å². The predicted molar refractivity (Wildman–Crippen MR) is 108 cm³/mol. The second kappa shape index (κ2) is 7.93. The van der Waals surface area contributed by atoms with E-state index in [0.717, 1.165) is 35.6 Å². The average Bonchev–Trinajstić information content (AvgIpc) is 2.93. The number of nitro groups is 1. The van der Waals surface area contributed by atoms with Crippen molar-refractivity contribution in [2.45, 2.75) is 31.3 Å². The Kier molecular flexibility index (Phi) is 5.30. The lowest BCUT2D eigenvalue weighted by Crippen LogP contribution is -2.76. The normalized spacial score (nSPS) is 21.7. The molecule has 1 atom stereocenters. The molecule has 2 saturated heterocycles. The SMILES string of the molecule is O=C1N(c2ccc(F)cc2)C(=O)N(c2ccc(F)cc2)[C@@]2(C[N+](=O)[O-])CCCCCN12. The summed E-state index contributed by atoms with van der Waals surface area (Å²) in [5.41, 5.74) is -1.15. The number of hydrogen-bond acceptors (Lipinski definition) is 4. The van der Waals surface area contributed by atoms with Crippen molar-refractivity contribution < 1.29 is 23.3 Å². The number of urea groups is 2. The van der Waals surface area contributed by atoms with Gasteiger partial charge >= 0.3 is 12.1 Å². The zero-order valence-electron chi connectivity index (χ0n) is 16.5. The highest BCUT2D eigenvalue weighted by molar-refractivity contribution is 6.21. The molecule has 0 aliphatic carbocycles. The molecule has 2 heterocycles. The van der Waals surface area contributed by atoms with E-state index in [0.29, 0.717) is 12.8 Å². The lowest BCUT2D eigenvalue weighted by molar-refractivity contribution is -0.494. The van der Waals surface area contributed by atoms with Crippen molar-refractivity contribution in [2.24, 2.45) is 0 Å². The number of carbonyl (C=O) groups excluding carboxylic acids is 2. The first-order valence-corrected chi connectivity index (χ1v) is 9.92. The minimum absolute atomic E-state index is 0.141. The first-order valence-electron chi connectivity index (χ1n) is 9.92. The fourth-order valence-electron chi connectivity index (χ4n) is 4.38. The van der Waals surface area contributed by atoms with Gasteiger partial charge in [-0.2, -0.15) is 0 Å². The number of fused-ring (bicyclic) bond motifs is 1. The van der Waals surface area contributed by atoms with E-state index in [1.54, 1.807) is 0 Å². The summed E-state index contributed by atoms with van der Waals surface area (Å²) in [6.45, 7) is -0.450. The Hall–Kier alpha value is -3.56. The van der Waals surface area contributed by atoms with E-state index in [9.17, 15) is 28.5 Å². The Morgan fingerprint density at radius 2 is 1.45 bits per heavy atom. The van der Waals surface area contributed by atoms with Crippen LogP contribution in [-0.4, -0.2) is 40.6 Å². The lowest BCUT2D eigenvalue weighted by atomic mass is 9.97. The van der Waals surface area contributed by atoms with Gasteiger partial charge in [-0.25, -0.2) is 23.3 Å². The van der Waals surface area contributed by atoms with E-state index in [-0.39, 0.29) is 24.3 Å². The zero-order chi connectivity index (χ0) is 22.2. The Morgan fingerprint density at radius 1 is 0.871 bits per heavy atom. The Labute approximate surface area is 176 Å². The van der Waals surface area contributed by atoms with Crippen LogP contribution < -0.4 is 9.80 Å². The molecule has 2 aliphatic rings. The average molecular weight is 430 g/mol. The summed E-state index contributed by atoms with van der Waals surface area (Å²) in [4.78, 5) is 41.7. The third-order valence-electron chi connectivity index (χ3n) is 5.73. The molecule has 162 valence electrons. The van der Waals surface area contributed by atoms with Gasteiger partial charge in [0.25, 0.3) is 0 Å². The van der Waals surface area contributed by atoms with E-state index in [1.807, 2.05) is 0 Å². The molecule has 10 heteroatoms. The van der Waals surface area contributed by atoms with Crippen molar-refractivity contribution in [1.82, 2.24) is 4.90 Å². The minimum Gasteiger partial charge on any atom is -0.294 e. The standard InChI is InChI=1S/C21H20F2N4O4/c22-15-4-8-17(9-5-15)26-19(28)24-13-3-1-2-12-21(24,14-25(30)31)27(20(26)29)18-10-6-16(23)7-11-18/h4-11H,1-3,12-14H2/t21-/m1/s1. The van der Waals surface area contributed by atoms with Gasteiger partial charge in [-0.15, -0.1) is 0 Å². The largest absolute Gasteiger partial charge is 0.339 e. The summed E-state index contributed by atoms with van der Waals surface area (Å²) in [6.07, 6.45) is 2.15. The summed E-state index contributed by atoms with van der Waals surface area (Å²) in [6, 6.07) is 8.37. The van der Waals surface area contributed by atoms with E-state index in [1.165, 1.54) is 34.1 Å². The van der Waals surface area contributed by atoms with Gasteiger partial charge in [0.2, 0.25) is 6.54 Å². The van der Waals surface area contributed by atoms with Crippen LogP contribution in [0.3, 0.4) is 0 Å². The summed E-state index contributed by atoms with van der Waals surface area (Å²) in [5.74, 6) is -1.06. The maximum atomic E-state index is 13.7. The van der Waals surface area contributed by atoms with Crippen LogP contribution in [0.5, 0.6) is 0 Å². The molecule has 0 spiro atoms. The van der Waals surface area contributed by atoms with Crippen molar-refractivity contribution in [3.8, 4) is 0 Å². The topological polar surface area (TPSA) is 87.0 Å². The van der Waals surface area contributed by atoms with Crippen LogP contribution in [0, 0.1) is 21.7 Å².